The molecule has 0 radical (unpaired) electrons. The van der Waals surface area contributed by atoms with E-state index in [2.05, 4.69) is 0 Å². The van der Waals surface area contributed by atoms with Gasteiger partial charge in [-0.15, -0.1) is 0 Å². The minimum Gasteiger partial charge on any atom is -0.326 e. The number of hydrogen-bond acceptors (Lipinski definition) is 3. The summed E-state index contributed by atoms with van der Waals surface area (Å²) in [6, 6.07) is 4.92. The van der Waals surface area contributed by atoms with Gasteiger partial charge in [-0.05, 0) is 12.5 Å². The van der Waals surface area contributed by atoms with Gasteiger partial charge in [0.2, 0.25) is 0 Å². The second-order valence-corrected chi connectivity index (χ2v) is 2.52. The van der Waals surface area contributed by atoms with E-state index < -0.39 is 4.92 Å². The van der Waals surface area contributed by atoms with Gasteiger partial charge in [0.15, 0.2) is 0 Å². The first-order valence-electron chi connectivity index (χ1n) is 3.59. The number of nitrogens with zero attached hydrogens (tertiary/aromatic N) is 1. The zero-order valence-electron chi connectivity index (χ0n) is 6.78. The van der Waals surface area contributed by atoms with Gasteiger partial charge in [-0.2, -0.15) is 0 Å². The van der Waals surface area contributed by atoms with Gasteiger partial charge < -0.3 is 5.73 Å². The summed E-state index contributed by atoms with van der Waals surface area (Å²) in [6.07, 6.45) is 0. The zero-order chi connectivity index (χ0) is 9.14. The molecule has 0 fully saturated rings. The molecule has 0 saturated carbocycles. The third kappa shape index (κ3) is 1.43. The molecule has 0 atom stereocenters. The first kappa shape index (κ1) is 8.67. The van der Waals surface area contributed by atoms with Crippen LogP contribution in [0.4, 0.5) is 5.69 Å². The van der Waals surface area contributed by atoms with E-state index in [0.29, 0.717) is 12.1 Å². The Kier molecular flexibility index (Phi) is 2.40. The Morgan fingerprint density at radius 3 is 2.75 bits per heavy atom. The van der Waals surface area contributed by atoms with Crippen LogP contribution in [0.25, 0.3) is 0 Å². The number of rotatable bonds is 2. The fourth-order valence-corrected chi connectivity index (χ4v) is 1.09. The smallest absolute Gasteiger partial charge is 0.272 e. The molecule has 64 valence electrons. The summed E-state index contributed by atoms with van der Waals surface area (Å²) in [7, 11) is 0. The maximum absolute atomic E-state index is 10.5. The highest BCUT2D eigenvalue weighted by Gasteiger charge is 2.11. The standard InChI is InChI=1S/C8H10N2O2/c1-6-7(5-9)3-2-4-8(6)10(11)12/h2-4H,5,9H2,1H3. The third-order valence-electron chi connectivity index (χ3n) is 1.83. The molecule has 0 saturated heterocycles. The number of hydrogen-bond donors (Lipinski definition) is 1. The largest absolute Gasteiger partial charge is 0.326 e. The Hall–Kier alpha value is -1.42. The summed E-state index contributed by atoms with van der Waals surface area (Å²) in [5.41, 5.74) is 7.01. The minimum absolute atomic E-state index is 0.137. The first-order chi connectivity index (χ1) is 5.66. The van der Waals surface area contributed by atoms with Crippen molar-refractivity contribution < 1.29 is 4.92 Å². The van der Waals surface area contributed by atoms with Crippen LogP contribution in [0, 0.1) is 17.0 Å². The lowest BCUT2D eigenvalue weighted by Gasteiger charge is -2.01. The Bertz CT molecular complexity index is 310. The van der Waals surface area contributed by atoms with Crippen LogP contribution < -0.4 is 5.73 Å². The van der Waals surface area contributed by atoms with Crippen LogP contribution in [0.15, 0.2) is 18.2 Å². The van der Waals surface area contributed by atoms with Crippen molar-refractivity contribution in [2.45, 2.75) is 13.5 Å². The monoisotopic (exact) mass is 166 g/mol. The van der Waals surface area contributed by atoms with Crippen molar-refractivity contribution in [3.05, 3.63) is 39.4 Å². The van der Waals surface area contributed by atoms with Crippen molar-refractivity contribution in [2.24, 2.45) is 5.73 Å². The fraction of sp³-hybridized carbons (Fsp3) is 0.250. The molecule has 0 aliphatic heterocycles. The molecule has 1 aromatic rings. The van der Waals surface area contributed by atoms with Crippen molar-refractivity contribution >= 4 is 5.69 Å². The van der Waals surface area contributed by atoms with E-state index in [1.807, 2.05) is 0 Å². The molecular formula is C8H10N2O2. The molecular weight excluding hydrogens is 156 g/mol. The Morgan fingerprint density at radius 2 is 2.25 bits per heavy atom. The molecule has 1 aromatic carbocycles. The molecule has 0 aromatic heterocycles. The van der Waals surface area contributed by atoms with Crippen LogP contribution in [-0.2, 0) is 6.54 Å². The second kappa shape index (κ2) is 3.32. The topological polar surface area (TPSA) is 69.2 Å². The van der Waals surface area contributed by atoms with Crippen LogP contribution in [0.2, 0.25) is 0 Å². The number of nitro benzene ring substituents is 1. The summed E-state index contributed by atoms with van der Waals surface area (Å²) in [5, 5.41) is 10.5. The first-order valence-corrected chi connectivity index (χ1v) is 3.59. The van der Waals surface area contributed by atoms with Gasteiger partial charge in [0.1, 0.15) is 0 Å². The average molecular weight is 166 g/mol. The van der Waals surface area contributed by atoms with E-state index in [0.717, 1.165) is 5.56 Å². The van der Waals surface area contributed by atoms with Gasteiger partial charge in [-0.1, -0.05) is 12.1 Å². The number of nitrogens with two attached hydrogens (primary N) is 1. The fourth-order valence-electron chi connectivity index (χ4n) is 1.09. The maximum Gasteiger partial charge on any atom is 0.272 e. The molecule has 12 heavy (non-hydrogen) atoms. The van der Waals surface area contributed by atoms with Crippen molar-refractivity contribution in [3.8, 4) is 0 Å². The van der Waals surface area contributed by atoms with E-state index in [4.69, 9.17) is 5.73 Å². The van der Waals surface area contributed by atoms with E-state index in [-0.39, 0.29) is 5.69 Å². The Morgan fingerprint density at radius 1 is 1.58 bits per heavy atom. The van der Waals surface area contributed by atoms with Crippen LogP contribution in [0.5, 0.6) is 0 Å². The summed E-state index contributed by atoms with van der Waals surface area (Å²) < 4.78 is 0. The Labute approximate surface area is 70.2 Å². The van der Waals surface area contributed by atoms with E-state index in [1.165, 1.54) is 6.07 Å². The second-order valence-electron chi connectivity index (χ2n) is 2.52. The quantitative estimate of drug-likeness (QED) is 0.532. The lowest BCUT2D eigenvalue weighted by molar-refractivity contribution is -0.385. The van der Waals surface area contributed by atoms with Gasteiger partial charge >= 0.3 is 0 Å². The molecule has 0 spiro atoms. The van der Waals surface area contributed by atoms with Gasteiger partial charge in [0.05, 0.1) is 4.92 Å². The summed E-state index contributed by atoms with van der Waals surface area (Å²) in [4.78, 5) is 10.1. The minimum atomic E-state index is -0.394. The van der Waals surface area contributed by atoms with Crippen LogP contribution >= 0.6 is 0 Å². The molecule has 0 amide bonds. The molecule has 2 N–H and O–H groups in total. The van der Waals surface area contributed by atoms with Crippen LogP contribution in [-0.4, -0.2) is 4.92 Å². The zero-order valence-corrected chi connectivity index (χ0v) is 6.78. The molecule has 4 heteroatoms. The van der Waals surface area contributed by atoms with Crippen molar-refractivity contribution in [3.63, 3.8) is 0 Å². The maximum atomic E-state index is 10.5. The predicted molar refractivity (Wildman–Crippen MR) is 45.7 cm³/mol. The normalized spacial score (nSPS) is 9.83. The van der Waals surface area contributed by atoms with E-state index in [1.54, 1.807) is 19.1 Å². The highest BCUT2D eigenvalue weighted by atomic mass is 16.6. The molecule has 0 unspecified atom stereocenters. The summed E-state index contributed by atoms with van der Waals surface area (Å²) >= 11 is 0. The average Bonchev–Trinajstić information content (AvgIpc) is 2.04. The Balaban J connectivity index is 3.23. The highest BCUT2D eigenvalue weighted by Crippen LogP contribution is 2.20. The van der Waals surface area contributed by atoms with Gasteiger partial charge in [-0.3, -0.25) is 10.1 Å². The third-order valence-corrected chi connectivity index (χ3v) is 1.83. The molecule has 0 aliphatic rings. The van der Waals surface area contributed by atoms with E-state index >= 15 is 0 Å². The number of benzene rings is 1. The van der Waals surface area contributed by atoms with Gasteiger partial charge in [-0.25, -0.2) is 0 Å². The molecule has 0 heterocycles. The van der Waals surface area contributed by atoms with Gasteiger partial charge in [0.25, 0.3) is 5.69 Å². The van der Waals surface area contributed by atoms with Crippen molar-refractivity contribution in [2.75, 3.05) is 0 Å². The summed E-state index contributed by atoms with van der Waals surface area (Å²) in [5.74, 6) is 0. The van der Waals surface area contributed by atoms with Crippen molar-refractivity contribution in [1.82, 2.24) is 0 Å². The molecule has 0 bridgehead atoms. The van der Waals surface area contributed by atoms with Crippen LogP contribution in [0.3, 0.4) is 0 Å². The lowest BCUT2D eigenvalue weighted by atomic mass is 10.1. The highest BCUT2D eigenvalue weighted by molar-refractivity contribution is 5.44. The number of nitro groups is 1. The molecule has 4 nitrogen and oxygen atoms in total. The molecule has 1 rings (SSSR count). The summed E-state index contributed by atoms with van der Waals surface area (Å²) in [6.45, 7) is 2.05. The van der Waals surface area contributed by atoms with E-state index in [9.17, 15) is 10.1 Å². The molecule has 0 aliphatic carbocycles. The van der Waals surface area contributed by atoms with Gasteiger partial charge in [0, 0.05) is 18.2 Å². The van der Waals surface area contributed by atoms with Crippen molar-refractivity contribution in [1.29, 1.82) is 0 Å². The SMILES string of the molecule is Cc1c(CN)cccc1[N+](=O)[O-]. The predicted octanol–water partition coefficient (Wildman–Crippen LogP) is 1.36. The van der Waals surface area contributed by atoms with Crippen LogP contribution in [0.1, 0.15) is 11.1 Å². The lowest BCUT2D eigenvalue weighted by Crippen LogP contribution is -2.01.